The van der Waals surface area contributed by atoms with Gasteiger partial charge in [-0.3, -0.25) is 4.79 Å². The maximum Gasteiger partial charge on any atom is 0.453 e. The molecule has 3 rings (SSSR count). The Morgan fingerprint density at radius 2 is 1.90 bits per heavy atom. The third-order valence-corrected chi connectivity index (χ3v) is 4.63. The van der Waals surface area contributed by atoms with Gasteiger partial charge in [-0.1, -0.05) is 12.1 Å². The maximum absolute atomic E-state index is 13.1. The number of nitrogens with zero attached hydrogens (tertiary/aromatic N) is 5. The fourth-order valence-electron chi connectivity index (χ4n) is 2.92. The van der Waals surface area contributed by atoms with E-state index < -0.39 is 12.0 Å². The lowest BCUT2D eigenvalue weighted by Gasteiger charge is -2.13. The normalized spacial score (nSPS) is 11.7. The van der Waals surface area contributed by atoms with Crippen molar-refractivity contribution in [2.75, 3.05) is 26.0 Å². The molecular weight excluding hydrogens is 385 g/mol. The fraction of sp³-hybridized carbons (Fsp3) is 0.368. The molecule has 0 bridgehead atoms. The van der Waals surface area contributed by atoms with E-state index in [0.717, 1.165) is 10.1 Å². The molecule has 1 amide bonds. The van der Waals surface area contributed by atoms with E-state index in [1.807, 2.05) is 6.07 Å². The molecule has 0 saturated heterocycles. The lowest BCUT2D eigenvalue weighted by Crippen LogP contribution is -2.21. The highest BCUT2D eigenvalue weighted by molar-refractivity contribution is 5.94. The molecule has 0 saturated carbocycles. The molecule has 29 heavy (non-hydrogen) atoms. The molecule has 154 valence electrons. The highest BCUT2D eigenvalue weighted by Gasteiger charge is 2.38. The van der Waals surface area contributed by atoms with Crippen molar-refractivity contribution in [1.29, 1.82) is 0 Å². The summed E-state index contributed by atoms with van der Waals surface area (Å²) in [7, 11) is 3.37. The van der Waals surface area contributed by atoms with E-state index in [0.29, 0.717) is 35.5 Å². The standard InChI is InChI=1S/C19H21F3N6O/c1-11-12(2)16-24-25-18(19(20,21)22)28(16)26-15(11)23-9-8-13-6-5-7-14(10-13)17(29)27(3)4/h5-7,10H,8-9H2,1-4H3,(H,23,26). The van der Waals surface area contributed by atoms with Gasteiger partial charge < -0.3 is 10.2 Å². The Kier molecular flexibility index (Phi) is 5.45. The average molecular weight is 406 g/mol. The van der Waals surface area contributed by atoms with Crippen LogP contribution in [0.15, 0.2) is 24.3 Å². The summed E-state index contributed by atoms with van der Waals surface area (Å²) in [6, 6.07) is 7.25. The first-order chi connectivity index (χ1) is 13.6. The first kappa shape index (κ1) is 20.6. The van der Waals surface area contributed by atoms with Gasteiger partial charge in [0.2, 0.25) is 0 Å². The number of aromatic nitrogens is 4. The number of aryl methyl sites for hydroxylation is 1. The lowest BCUT2D eigenvalue weighted by molar-refractivity contribution is -0.146. The molecule has 1 N–H and O–H groups in total. The second-order valence-electron chi connectivity index (χ2n) is 6.93. The zero-order valence-corrected chi connectivity index (χ0v) is 16.5. The molecule has 0 aliphatic rings. The van der Waals surface area contributed by atoms with Gasteiger partial charge in [-0.15, -0.1) is 15.3 Å². The van der Waals surface area contributed by atoms with Crippen LogP contribution in [0.25, 0.3) is 5.65 Å². The Labute approximate surface area is 165 Å². The van der Waals surface area contributed by atoms with Crippen LogP contribution in [-0.2, 0) is 12.6 Å². The number of carbonyl (C=O) groups excluding carboxylic acids is 1. The van der Waals surface area contributed by atoms with Crippen molar-refractivity contribution in [3.05, 3.63) is 52.3 Å². The summed E-state index contributed by atoms with van der Waals surface area (Å²) >= 11 is 0. The Balaban J connectivity index is 1.80. The number of benzene rings is 1. The Morgan fingerprint density at radius 3 is 2.55 bits per heavy atom. The zero-order valence-electron chi connectivity index (χ0n) is 16.5. The van der Waals surface area contributed by atoms with Gasteiger partial charge in [-0.2, -0.15) is 17.7 Å². The number of hydrogen-bond acceptors (Lipinski definition) is 5. The highest BCUT2D eigenvalue weighted by atomic mass is 19.4. The molecule has 0 fully saturated rings. The van der Waals surface area contributed by atoms with Gasteiger partial charge >= 0.3 is 6.18 Å². The molecule has 0 atom stereocenters. The topological polar surface area (TPSA) is 75.4 Å². The largest absolute Gasteiger partial charge is 0.453 e. The van der Waals surface area contributed by atoms with Gasteiger partial charge in [0.1, 0.15) is 5.82 Å². The smallest absolute Gasteiger partial charge is 0.368 e. The number of hydrogen-bond donors (Lipinski definition) is 1. The number of carbonyl (C=O) groups is 1. The fourth-order valence-corrected chi connectivity index (χ4v) is 2.92. The van der Waals surface area contributed by atoms with E-state index in [9.17, 15) is 18.0 Å². The molecule has 0 aliphatic heterocycles. The number of rotatable bonds is 5. The summed E-state index contributed by atoms with van der Waals surface area (Å²) in [5.74, 6) is -0.917. The van der Waals surface area contributed by atoms with Gasteiger partial charge in [-0.25, -0.2) is 0 Å². The van der Waals surface area contributed by atoms with Crippen LogP contribution in [0.4, 0.5) is 19.0 Å². The van der Waals surface area contributed by atoms with Crippen LogP contribution < -0.4 is 5.32 Å². The van der Waals surface area contributed by atoms with Crippen LogP contribution in [0.3, 0.4) is 0 Å². The van der Waals surface area contributed by atoms with E-state index in [4.69, 9.17) is 0 Å². The van der Waals surface area contributed by atoms with Crippen molar-refractivity contribution in [3.63, 3.8) is 0 Å². The van der Waals surface area contributed by atoms with Crippen molar-refractivity contribution >= 4 is 17.4 Å². The monoisotopic (exact) mass is 406 g/mol. The SMILES string of the molecule is Cc1c(NCCc2cccc(C(=O)N(C)C)c2)nn2c(C(F)(F)F)nnc2c1C. The van der Waals surface area contributed by atoms with E-state index in [1.165, 1.54) is 4.90 Å². The summed E-state index contributed by atoms with van der Waals surface area (Å²) < 4.78 is 40.1. The van der Waals surface area contributed by atoms with Gasteiger partial charge in [0.05, 0.1) is 0 Å². The minimum atomic E-state index is -4.65. The van der Waals surface area contributed by atoms with Crippen LogP contribution >= 0.6 is 0 Å². The van der Waals surface area contributed by atoms with Crippen molar-refractivity contribution in [2.24, 2.45) is 0 Å². The molecule has 3 aromatic rings. The molecule has 0 unspecified atom stereocenters. The Hall–Kier alpha value is -3.17. The molecule has 0 aliphatic carbocycles. The molecule has 7 nitrogen and oxygen atoms in total. The van der Waals surface area contributed by atoms with Crippen LogP contribution in [0.5, 0.6) is 0 Å². The van der Waals surface area contributed by atoms with Crippen LogP contribution in [0.1, 0.15) is 32.9 Å². The first-order valence-corrected chi connectivity index (χ1v) is 8.94. The Morgan fingerprint density at radius 1 is 1.17 bits per heavy atom. The molecule has 2 heterocycles. The summed E-state index contributed by atoms with van der Waals surface area (Å²) in [4.78, 5) is 13.6. The van der Waals surface area contributed by atoms with Crippen molar-refractivity contribution < 1.29 is 18.0 Å². The van der Waals surface area contributed by atoms with E-state index in [1.54, 1.807) is 46.1 Å². The van der Waals surface area contributed by atoms with Crippen molar-refractivity contribution in [2.45, 2.75) is 26.4 Å². The minimum absolute atomic E-state index is 0.0790. The van der Waals surface area contributed by atoms with Gasteiger partial charge in [0, 0.05) is 31.8 Å². The van der Waals surface area contributed by atoms with Crippen molar-refractivity contribution in [1.82, 2.24) is 24.7 Å². The molecular formula is C19H21F3N6O. The summed E-state index contributed by atoms with van der Waals surface area (Å²) in [6.07, 6.45) is -4.08. The number of anilines is 1. The first-order valence-electron chi connectivity index (χ1n) is 8.94. The van der Waals surface area contributed by atoms with Gasteiger partial charge in [0.25, 0.3) is 11.7 Å². The van der Waals surface area contributed by atoms with Gasteiger partial charge in [-0.05, 0) is 43.5 Å². The van der Waals surface area contributed by atoms with Gasteiger partial charge in [0.15, 0.2) is 5.65 Å². The second-order valence-corrected chi connectivity index (χ2v) is 6.93. The molecule has 0 radical (unpaired) electrons. The van der Waals surface area contributed by atoms with Crippen LogP contribution in [-0.4, -0.2) is 51.3 Å². The third-order valence-electron chi connectivity index (χ3n) is 4.63. The molecule has 2 aromatic heterocycles. The lowest BCUT2D eigenvalue weighted by atomic mass is 10.1. The van der Waals surface area contributed by atoms with E-state index in [-0.39, 0.29) is 11.6 Å². The molecule has 0 spiro atoms. The molecule has 1 aromatic carbocycles. The predicted molar refractivity (Wildman–Crippen MR) is 102 cm³/mol. The quantitative estimate of drug-likeness (QED) is 0.705. The number of nitrogens with one attached hydrogen (secondary N) is 1. The zero-order chi connectivity index (χ0) is 21.3. The number of fused-ring (bicyclic) bond motifs is 1. The number of alkyl halides is 3. The number of amides is 1. The Bertz CT molecular complexity index is 1060. The predicted octanol–water partition coefficient (Wildman–Crippen LogP) is 3.12. The summed E-state index contributed by atoms with van der Waals surface area (Å²) in [6.45, 7) is 3.88. The summed E-state index contributed by atoms with van der Waals surface area (Å²) in [5, 5.41) is 14.0. The van der Waals surface area contributed by atoms with E-state index >= 15 is 0 Å². The summed E-state index contributed by atoms with van der Waals surface area (Å²) in [5.41, 5.74) is 2.87. The minimum Gasteiger partial charge on any atom is -0.368 e. The number of halogens is 3. The maximum atomic E-state index is 13.1. The average Bonchev–Trinajstić information content (AvgIpc) is 3.09. The van der Waals surface area contributed by atoms with Crippen molar-refractivity contribution in [3.8, 4) is 0 Å². The molecule has 10 heteroatoms. The van der Waals surface area contributed by atoms with E-state index in [2.05, 4.69) is 20.6 Å². The van der Waals surface area contributed by atoms with Crippen LogP contribution in [0.2, 0.25) is 0 Å². The second kappa shape index (κ2) is 7.69. The highest BCUT2D eigenvalue weighted by Crippen LogP contribution is 2.29. The van der Waals surface area contributed by atoms with Crippen LogP contribution in [0, 0.1) is 13.8 Å². The third kappa shape index (κ3) is 4.15.